The van der Waals surface area contributed by atoms with Gasteiger partial charge in [-0.3, -0.25) is 4.79 Å². The number of hydrogen-bond acceptors (Lipinski definition) is 5. The highest BCUT2D eigenvalue weighted by Gasteiger charge is 2.09. The molecule has 0 fully saturated rings. The van der Waals surface area contributed by atoms with Gasteiger partial charge in [-0.15, -0.1) is 0 Å². The second-order valence-corrected chi connectivity index (χ2v) is 3.56. The van der Waals surface area contributed by atoms with Crippen LogP contribution >= 0.6 is 0 Å². The summed E-state index contributed by atoms with van der Waals surface area (Å²) in [4.78, 5) is 21.1. The molecule has 1 aromatic rings. The molecule has 6 heteroatoms. The van der Waals surface area contributed by atoms with Gasteiger partial charge in [-0.2, -0.15) is 0 Å². The maximum absolute atomic E-state index is 11.4. The molecule has 0 spiro atoms. The Morgan fingerprint density at radius 3 is 2.75 bits per heavy atom. The molecule has 6 nitrogen and oxygen atoms in total. The maximum Gasteiger partial charge on any atom is 0.239 e. The van der Waals surface area contributed by atoms with Crippen LogP contribution < -0.4 is 10.2 Å². The zero-order valence-corrected chi connectivity index (χ0v) is 9.42. The third-order valence-corrected chi connectivity index (χ3v) is 1.87. The van der Waals surface area contributed by atoms with Crippen LogP contribution in [-0.4, -0.2) is 47.2 Å². The Kier molecular flexibility index (Phi) is 4.65. The van der Waals surface area contributed by atoms with E-state index < -0.39 is 6.10 Å². The third kappa shape index (κ3) is 4.22. The monoisotopic (exact) mass is 224 g/mol. The first kappa shape index (κ1) is 12.4. The Morgan fingerprint density at radius 2 is 2.19 bits per heavy atom. The van der Waals surface area contributed by atoms with Crippen molar-refractivity contribution in [3.63, 3.8) is 0 Å². The molecule has 88 valence electrons. The van der Waals surface area contributed by atoms with Gasteiger partial charge in [0.15, 0.2) is 0 Å². The first-order valence-corrected chi connectivity index (χ1v) is 5.02. The number of aromatic nitrogens is 2. The maximum atomic E-state index is 11.4. The lowest BCUT2D eigenvalue weighted by Crippen LogP contribution is -2.38. The van der Waals surface area contributed by atoms with Crippen LogP contribution in [0.4, 0.5) is 5.95 Å². The Bertz CT molecular complexity index is 329. The van der Waals surface area contributed by atoms with Crippen LogP contribution in [0.5, 0.6) is 0 Å². The van der Waals surface area contributed by atoms with Crippen molar-refractivity contribution >= 4 is 11.9 Å². The highest BCUT2D eigenvalue weighted by Crippen LogP contribution is 2.00. The van der Waals surface area contributed by atoms with Crippen molar-refractivity contribution in [2.24, 2.45) is 0 Å². The van der Waals surface area contributed by atoms with Gasteiger partial charge >= 0.3 is 0 Å². The number of carbonyl (C=O) groups is 1. The van der Waals surface area contributed by atoms with Crippen molar-refractivity contribution < 1.29 is 9.90 Å². The number of likely N-dealkylation sites (N-methyl/N-ethyl adjacent to an activating group) is 1. The summed E-state index contributed by atoms with van der Waals surface area (Å²) < 4.78 is 0. The van der Waals surface area contributed by atoms with Gasteiger partial charge in [0.2, 0.25) is 11.9 Å². The average Bonchev–Trinajstić information content (AvgIpc) is 2.27. The number of carbonyl (C=O) groups excluding carboxylic acids is 1. The lowest BCUT2D eigenvalue weighted by molar-refractivity contribution is -0.120. The molecule has 0 aliphatic carbocycles. The molecule has 0 unspecified atom stereocenters. The van der Waals surface area contributed by atoms with E-state index in [1.54, 1.807) is 37.3 Å². The molecule has 0 aliphatic rings. The van der Waals surface area contributed by atoms with Gasteiger partial charge in [0.25, 0.3) is 0 Å². The number of amides is 1. The van der Waals surface area contributed by atoms with Gasteiger partial charge in [0.05, 0.1) is 12.6 Å². The van der Waals surface area contributed by atoms with Gasteiger partial charge in [-0.1, -0.05) is 0 Å². The van der Waals surface area contributed by atoms with Crippen LogP contribution in [0.2, 0.25) is 0 Å². The molecule has 1 rings (SSSR count). The van der Waals surface area contributed by atoms with Crippen molar-refractivity contribution in [2.45, 2.75) is 13.0 Å². The number of nitrogens with one attached hydrogen (secondary N) is 1. The summed E-state index contributed by atoms with van der Waals surface area (Å²) in [6.45, 7) is 2.03. The molecule has 1 aromatic heterocycles. The van der Waals surface area contributed by atoms with E-state index in [-0.39, 0.29) is 19.0 Å². The second-order valence-electron chi connectivity index (χ2n) is 3.56. The third-order valence-electron chi connectivity index (χ3n) is 1.87. The van der Waals surface area contributed by atoms with E-state index in [1.165, 1.54) is 0 Å². The average molecular weight is 224 g/mol. The number of rotatable bonds is 5. The summed E-state index contributed by atoms with van der Waals surface area (Å²) in [5.41, 5.74) is 0. The van der Waals surface area contributed by atoms with Gasteiger partial charge in [0, 0.05) is 26.0 Å². The summed E-state index contributed by atoms with van der Waals surface area (Å²) in [6, 6.07) is 1.71. The highest BCUT2D eigenvalue weighted by molar-refractivity contribution is 5.80. The Hall–Kier alpha value is -1.69. The Labute approximate surface area is 94.3 Å². The van der Waals surface area contributed by atoms with Crippen LogP contribution in [0.25, 0.3) is 0 Å². The second kappa shape index (κ2) is 6.02. The quantitative estimate of drug-likeness (QED) is 0.699. The number of anilines is 1. The minimum atomic E-state index is -0.540. The Morgan fingerprint density at radius 1 is 1.56 bits per heavy atom. The molecule has 1 amide bonds. The van der Waals surface area contributed by atoms with Gasteiger partial charge in [-0.25, -0.2) is 9.97 Å². The largest absolute Gasteiger partial charge is 0.392 e. The Balaban J connectivity index is 2.40. The normalized spacial score (nSPS) is 11.9. The van der Waals surface area contributed by atoms with Crippen LogP contribution in [-0.2, 0) is 4.79 Å². The number of hydrogen-bond donors (Lipinski definition) is 2. The van der Waals surface area contributed by atoms with Crippen molar-refractivity contribution in [3.05, 3.63) is 18.5 Å². The zero-order valence-electron chi connectivity index (χ0n) is 9.42. The first-order valence-electron chi connectivity index (χ1n) is 5.02. The fourth-order valence-electron chi connectivity index (χ4n) is 1.09. The lowest BCUT2D eigenvalue weighted by Gasteiger charge is -2.16. The minimum Gasteiger partial charge on any atom is -0.392 e. The van der Waals surface area contributed by atoms with Crippen LogP contribution in [0.3, 0.4) is 0 Å². The molecular weight excluding hydrogens is 208 g/mol. The fraction of sp³-hybridized carbons (Fsp3) is 0.500. The standard InChI is InChI=1S/C10H16N4O2/c1-8(15)6-13-9(16)7-14(2)10-11-4-3-5-12-10/h3-5,8,15H,6-7H2,1-2H3,(H,13,16)/t8-/m0/s1. The molecular formula is C10H16N4O2. The molecule has 0 bridgehead atoms. The van der Waals surface area contributed by atoms with Crippen LogP contribution in [0.15, 0.2) is 18.5 Å². The first-order chi connectivity index (χ1) is 7.59. The number of aliphatic hydroxyl groups excluding tert-OH is 1. The van der Waals surface area contributed by atoms with Gasteiger partial charge < -0.3 is 15.3 Å². The predicted molar refractivity (Wildman–Crippen MR) is 60.0 cm³/mol. The fourth-order valence-corrected chi connectivity index (χ4v) is 1.09. The molecule has 0 aliphatic heterocycles. The summed E-state index contributed by atoms with van der Waals surface area (Å²) >= 11 is 0. The van der Waals surface area contributed by atoms with Crippen molar-refractivity contribution in [3.8, 4) is 0 Å². The summed E-state index contributed by atoms with van der Waals surface area (Å²) in [6.07, 6.45) is 2.70. The zero-order chi connectivity index (χ0) is 12.0. The van der Waals surface area contributed by atoms with Gasteiger partial charge in [0.1, 0.15) is 0 Å². The molecule has 1 atom stereocenters. The highest BCUT2D eigenvalue weighted by atomic mass is 16.3. The van der Waals surface area contributed by atoms with Crippen molar-refractivity contribution in [1.29, 1.82) is 0 Å². The van der Waals surface area contributed by atoms with E-state index >= 15 is 0 Å². The van der Waals surface area contributed by atoms with E-state index in [9.17, 15) is 4.79 Å². The molecule has 0 saturated heterocycles. The topological polar surface area (TPSA) is 78.4 Å². The smallest absolute Gasteiger partial charge is 0.239 e. The summed E-state index contributed by atoms with van der Waals surface area (Å²) in [5.74, 6) is 0.325. The molecule has 0 radical (unpaired) electrons. The summed E-state index contributed by atoms with van der Waals surface area (Å²) in [5, 5.41) is 11.6. The van der Waals surface area contributed by atoms with E-state index in [2.05, 4.69) is 15.3 Å². The van der Waals surface area contributed by atoms with Crippen LogP contribution in [0, 0.1) is 0 Å². The van der Waals surface area contributed by atoms with E-state index in [4.69, 9.17) is 5.11 Å². The van der Waals surface area contributed by atoms with E-state index in [1.807, 2.05) is 0 Å². The summed E-state index contributed by atoms with van der Waals surface area (Å²) in [7, 11) is 1.73. The predicted octanol–water partition coefficient (Wildman–Crippen LogP) is -0.590. The van der Waals surface area contributed by atoms with Crippen molar-refractivity contribution in [1.82, 2.24) is 15.3 Å². The molecule has 1 heterocycles. The number of aliphatic hydroxyl groups is 1. The van der Waals surface area contributed by atoms with E-state index in [0.29, 0.717) is 5.95 Å². The van der Waals surface area contributed by atoms with E-state index in [0.717, 1.165) is 0 Å². The van der Waals surface area contributed by atoms with Crippen LogP contribution in [0.1, 0.15) is 6.92 Å². The SMILES string of the molecule is C[C@H](O)CNC(=O)CN(C)c1ncccn1. The van der Waals surface area contributed by atoms with Gasteiger partial charge in [-0.05, 0) is 13.0 Å². The lowest BCUT2D eigenvalue weighted by atomic mass is 10.4. The molecule has 0 saturated carbocycles. The number of nitrogens with zero attached hydrogens (tertiary/aromatic N) is 3. The minimum absolute atomic E-state index is 0.163. The molecule has 16 heavy (non-hydrogen) atoms. The van der Waals surface area contributed by atoms with Crippen molar-refractivity contribution in [2.75, 3.05) is 25.0 Å². The molecule has 0 aromatic carbocycles. The molecule has 2 N–H and O–H groups in total.